The summed E-state index contributed by atoms with van der Waals surface area (Å²) >= 11 is 3.26. The molecule has 20 heavy (non-hydrogen) atoms. The number of hydrogen-bond acceptors (Lipinski definition) is 4. The molecule has 0 atom stereocenters. The van der Waals surface area contributed by atoms with E-state index in [4.69, 9.17) is 9.47 Å². The number of nitrogens with one attached hydrogen (secondary N) is 1. The molecule has 5 nitrogen and oxygen atoms in total. The Morgan fingerprint density at radius 2 is 2.05 bits per heavy atom. The minimum absolute atomic E-state index is 0.124. The van der Waals surface area contributed by atoms with Crippen molar-refractivity contribution < 1.29 is 17.9 Å². The zero-order valence-electron chi connectivity index (χ0n) is 11.8. The molecule has 0 aliphatic carbocycles. The third kappa shape index (κ3) is 5.40. The van der Waals surface area contributed by atoms with Crippen LogP contribution in [0.4, 0.5) is 0 Å². The third-order valence-corrected chi connectivity index (χ3v) is 4.46. The summed E-state index contributed by atoms with van der Waals surface area (Å²) in [5.41, 5.74) is 0. The highest BCUT2D eigenvalue weighted by molar-refractivity contribution is 9.10. The van der Waals surface area contributed by atoms with Crippen molar-refractivity contribution in [2.24, 2.45) is 0 Å². The summed E-state index contributed by atoms with van der Waals surface area (Å²) < 4.78 is 38.1. The van der Waals surface area contributed by atoms with Crippen LogP contribution < -0.4 is 9.46 Å². The Bertz CT molecular complexity index is 531. The van der Waals surface area contributed by atoms with Gasteiger partial charge in [0.15, 0.2) is 0 Å². The molecule has 0 heterocycles. The first-order valence-corrected chi connectivity index (χ1v) is 8.59. The van der Waals surface area contributed by atoms with Crippen molar-refractivity contribution in [1.82, 2.24) is 4.72 Å². The van der Waals surface area contributed by atoms with Gasteiger partial charge in [0.05, 0.1) is 13.2 Å². The third-order valence-electron chi connectivity index (χ3n) is 2.48. The molecule has 1 rings (SSSR count). The van der Waals surface area contributed by atoms with Crippen LogP contribution in [0.25, 0.3) is 0 Å². The standard InChI is InChI=1S/C13H20BrNO4S/c1-10(2)19-8-4-7-15-20(16,17)13-9-11(14)5-6-12(13)18-3/h5-6,9-10,15H,4,7-8H2,1-3H3. The van der Waals surface area contributed by atoms with Crippen LogP contribution in [0, 0.1) is 0 Å². The maximum Gasteiger partial charge on any atom is 0.244 e. The van der Waals surface area contributed by atoms with E-state index in [9.17, 15) is 8.42 Å². The molecular formula is C13H20BrNO4S. The van der Waals surface area contributed by atoms with Crippen molar-refractivity contribution in [3.8, 4) is 5.75 Å². The number of halogens is 1. The summed E-state index contributed by atoms with van der Waals surface area (Å²) in [5, 5.41) is 0. The second kappa shape index (κ2) is 7.97. The van der Waals surface area contributed by atoms with Crippen LogP contribution >= 0.6 is 15.9 Å². The average Bonchev–Trinajstić information content (AvgIpc) is 2.37. The smallest absolute Gasteiger partial charge is 0.244 e. The maximum absolute atomic E-state index is 12.2. The van der Waals surface area contributed by atoms with Crippen molar-refractivity contribution in [3.63, 3.8) is 0 Å². The molecule has 0 radical (unpaired) electrons. The van der Waals surface area contributed by atoms with Gasteiger partial charge < -0.3 is 9.47 Å². The second-order valence-electron chi connectivity index (χ2n) is 4.47. The molecule has 0 fully saturated rings. The minimum atomic E-state index is -3.59. The highest BCUT2D eigenvalue weighted by Crippen LogP contribution is 2.26. The first-order chi connectivity index (χ1) is 9.36. The van der Waals surface area contributed by atoms with Gasteiger partial charge in [-0.2, -0.15) is 0 Å². The molecule has 7 heteroatoms. The maximum atomic E-state index is 12.2. The van der Waals surface area contributed by atoms with Crippen LogP contribution in [-0.4, -0.2) is 34.8 Å². The van der Waals surface area contributed by atoms with Crippen molar-refractivity contribution in [2.75, 3.05) is 20.3 Å². The molecule has 0 aliphatic rings. The first-order valence-electron chi connectivity index (χ1n) is 6.31. The van der Waals surface area contributed by atoms with Gasteiger partial charge in [0, 0.05) is 17.6 Å². The molecule has 0 bridgehead atoms. The Hall–Kier alpha value is -0.630. The van der Waals surface area contributed by atoms with Gasteiger partial charge in [-0.15, -0.1) is 0 Å². The van der Waals surface area contributed by atoms with Gasteiger partial charge in [0.25, 0.3) is 0 Å². The van der Waals surface area contributed by atoms with E-state index in [1.807, 2.05) is 13.8 Å². The van der Waals surface area contributed by atoms with Gasteiger partial charge >= 0.3 is 0 Å². The topological polar surface area (TPSA) is 64.6 Å². The quantitative estimate of drug-likeness (QED) is 0.719. The van der Waals surface area contributed by atoms with Gasteiger partial charge in [-0.25, -0.2) is 13.1 Å². The molecule has 0 amide bonds. The SMILES string of the molecule is COc1ccc(Br)cc1S(=O)(=O)NCCCOC(C)C. The zero-order valence-corrected chi connectivity index (χ0v) is 14.3. The summed E-state index contributed by atoms with van der Waals surface area (Å²) in [7, 11) is -2.14. The van der Waals surface area contributed by atoms with Gasteiger partial charge in [-0.05, 0) is 38.5 Å². The highest BCUT2D eigenvalue weighted by atomic mass is 79.9. The van der Waals surface area contributed by atoms with Crippen molar-refractivity contribution in [1.29, 1.82) is 0 Å². The summed E-state index contributed by atoms with van der Waals surface area (Å²) in [6.07, 6.45) is 0.769. The molecule has 0 saturated heterocycles. The molecule has 1 N–H and O–H groups in total. The van der Waals surface area contributed by atoms with E-state index in [1.54, 1.807) is 12.1 Å². The fourth-order valence-corrected chi connectivity index (χ4v) is 3.32. The predicted molar refractivity (Wildman–Crippen MR) is 81.6 cm³/mol. The Balaban J connectivity index is 2.67. The number of hydrogen-bond donors (Lipinski definition) is 1. The summed E-state index contributed by atoms with van der Waals surface area (Å²) in [6, 6.07) is 4.86. The molecule has 0 unspecified atom stereocenters. The number of methoxy groups -OCH3 is 1. The number of ether oxygens (including phenoxy) is 2. The van der Waals surface area contributed by atoms with Crippen molar-refractivity contribution in [3.05, 3.63) is 22.7 Å². The van der Waals surface area contributed by atoms with Crippen LogP contribution in [0.1, 0.15) is 20.3 Å². The monoisotopic (exact) mass is 365 g/mol. The van der Waals surface area contributed by atoms with Crippen LogP contribution in [0.5, 0.6) is 5.75 Å². The summed E-state index contributed by atoms with van der Waals surface area (Å²) in [4.78, 5) is 0.124. The molecule has 0 aliphatic heterocycles. The van der Waals surface area contributed by atoms with Crippen LogP contribution in [0.3, 0.4) is 0 Å². The lowest BCUT2D eigenvalue weighted by atomic mass is 10.3. The minimum Gasteiger partial charge on any atom is -0.495 e. The number of benzene rings is 1. The van der Waals surface area contributed by atoms with Crippen LogP contribution in [0.2, 0.25) is 0 Å². The molecule has 114 valence electrons. The summed E-state index contributed by atoms with van der Waals surface area (Å²) in [5.74, 6) is 0.319. The normalized spacial score (nSPS) is 11.8. The molecule has 0 aromatic heterocycles. The second-order valence-corrected chi connectivity index (χ2v) is 7.12. The van der Waals surface area contributed by atoms with Gasteiger partial charge in [0.1, 0.15) is 10.6 Å². The number of rotatable bonds is 8. The fraction of sp³-hybridized carbons (Fsp3) is 0.538. The molecule has 0 spiro atoms. The lowest BCUT2D eigenvalue weighted by Crippen LogP contribution is -2.26. The molecule has 0 saturated carbocycles. The lowest BCUT2D eigenvalue weighted by molar-refractivity contribution is 0.0778. The van der Waals surface area contributed by atoms with E-state index in [2.05, 4.69) is 20.7 Å². The molecular weight excluding hydrogens is 346 g/mol. The van der Waals surface area contributed by atoms with Crippen molar-refractivity contribution >= 4 is 26.0 Å². The van der Waals surface area contributed by atoms with E-state index >= 15 is 0 Å². The van der Waals surface area contributed by atoms with E-state index in [-0.39, 0.29) is 11.0 Å². The van der Waals surface area contributed by atoms with E-state index < -0.39 is 10.0 Å². The molecule has 1 aromatic rings. The highest BCUT2D eigenvalue weighted by Gasteiger charge is 2.19. The fourth-order valence-electron chi connectivity index (χ4n) is 1.54. The van der Waals surface area contributed by atoms with Crippen molar-refractivity contribution in [2.45, 2.75) is 31.3 Å². The van der Waals surface area contributed by atoms with Gasteiger partial charge in [-0.3, -0.25) is 0 Å². The first kappa shape index (κ1) is 17.4. The predicted octanol–water partition coefficient (Wildman–Crippen LogP) is 2.55. The van der Waals surface area contributed by atoms with E-state index in [0.29, 0.717) is 29.8 Å². The Kier molecular flexibility index (Phi) is 6.94. The molecule has 1 aromatic carbocycles. The Labute approximate surface area is 128 Å². The zero-order chi connectivity index (χ0) is 15.2. The van der Waals surface area contributed by atoms with Gasteiger partial charge in [0.2, 0.25) is 10.0 Å². The largest absolute Gasteiger partial charge is 0.495 e. The van der Waals surface area contributed by atoms with Gasteiger partial charge in [-0.1, -0.05) is 15.9 Å². The average molecular weight is 366 g/mol. The van der Waals surface area contributed by atoms with Crippen LogP contribution in [-0.2, 0) is 14.8 Å². The Morgan fingerprint density at radius 3 is 2.65 bits per heavy atom. The van der Waals surface area contributed by atoms with E-state index in [0.717, 1.165) is 0 Å². The Morgan fingerprint density at radius 1 is 1.35 bits per heavy atom. The van der Waals surface area contributed by atoms with E-state index in [1.165, 1.54) is 13.2 Å². The van der Waals surface area contributed by atoms with Crippen LogP contribution in [0.15, 0.2) is 27.6 Å². The number of sulfonamides is 1. The summed E-state index contributed by atoms with van der Waals surface area (Å²) in [6.45, 7) is 4.73. The lowest BCUT2D eigenvalue weighted by Gasteiger charge is -2.11.